The number of hydrogen-bond acceptors (Lipinski definition) is 14. The predicted molar refractivity (Wildman–Crippen MR) is 207 cm³/mol. The normalized spacial score (nSPS) is 12.1. The van der Waals surface area contributed by atoms with Gasteiger partial charge in [-0.1, -0.05) is 30.3 Å². The van der Waals surface area contributed by atoms with E-state index in [4.69, 9.17) is 11.5 Å². The van der Waals surface area contributed by atoms with Crippen LogP contribution in [0.3, 0.4) is 0 Å². The maximum absolute atomic E-state index is 12.2. The molecule has 0 spiro atoms. The van der Waals surface area contributed by atoms with Gasteiger partial charge >= 0.3 is 0 Å². The molecule has 0 aromatic heterocycles. The summed E-state index contributed by atoms with van der Waals surface area (Å²) in [6.07, 6.45) is 0. The standard InChI is InChI=1S/C32H24N6O11S3.3Na/c33-20-6-1-18-12-26(51(44,45)46)29(31(39)24(18)14-20)37-35-21-7-2-16(3-8-21)17-4-9-22(10-5-17)36-38-30-27(52(47,48)49)13-19-11-23(50(41,42)43)15-25(34)28(19)32(30)40;;;/h1-15,39-40H,33-34H2,(H,41,42,43)(H,44,45,46)(H,47,48,49);;;. The fourth-order valence-corrected chi connectivity index (χ4v) is 7.11. The van der Waals surface area contributed by atoms with Gasteiger partial charge in [0.05, 0.1) is 16.3 Å². The summed E-state index contributed by atoms with van der Waals surface area (Å²) in [5.41, 5.74) is 12.3. The number of nitrogens with two attached hydrogens (primary N) is 2. The molecule has 0 atom stereocenters. The summed E-state index contributed by atoms with van der Waals surface area (Å²) in [5, 5.41) is 37.4. The zero-order valence-electron chi connectivity index (χ0n) is 29.0. The smallest absolute Gasteiger partial charge is 0.296 e. The van der Waals surface area contributed by atoms with Crippen LogP contribution in [0.4, 0.5) is 34.1 Å². The van der Waals surface area contributed by atoms with E-state index in [1.807, 2.05) is 0 Å². The van der Waals surface area contributed by atoms with E-state index < -0.39 is 67.9 Å². The summed E-state index contributed by atoms with van der Waals surface area (Å²) in [7, 11) is -14.6. The van der Waals surface area contributed by atoms with E-state index in [0.29, 0.717) is 22.2 Å². The maximum Gasteiger partial charge on any atom is 0.296 e. The second-order valence-electron chi connectivity index (χ2n) is 11.2. The van der Waals surface area contributed by atoms with Crippen LogP contribution in [-0.4, -0.2) is 138 Å². The minimum atomic E-state index is -5.04. The Hall–Kier alpha value is -3.03. The number of phenolic OH excluding ortho intramolecular Hbond substituents is 2. The fourth-order valence-electron chi connectivity index (χ4n) is 5.24. The molecule has 0 fully saturated rings. The van der Waals surface area contributed by atoms with E-state index in [1.54, 1.807) is 36.4 Å². The molecule has 0 saturated heterocycles. The van der Waals surface area contributed by atoms with E-state index in [9.17, 15) is 49.1 Å². The molecule has 0 bridgehead atoms. The predicted octanol–water partition coefficient (Wildman–Crippen LogP) is 5.66. The first-order valence-corrected chi connectivity index (χ1v) is 18.7. The van der Waals surface area contributed by atoms with E-state index in [2.05, 4.69) is 20.5 Å². The topological polar surface area (TPSA) is 305 Å². The van der Waals surface area contributed by atoms with Gasteiger partial charge < -0.3 is 21.7 Å². The van der Waals surface area contributed by atoms with Gasteiger partial charge in [-0.05, 0) is 82.6 Å². The van der Waals surface area contributed by atoms with Gasteiger partial charge in [0.25, 0.3) is 30.4 Å². The third-order valence-corrected chi connectivity index (χ3v) is 10.2. The first kappa shape index (κ1) is 46.4. The Morgan fingerprint density at radius 1 is 0.491 bits per heavy atom. The van der Waals surface area contributed by atoms with Gasteiger partial charge in [-0.25, -0.2) is 0 Å². The molecule has 23 heteroatoms. The second kappa shape index (κ2) is 17.6. The number of nitrogen functional groups attached to an aromatic ring is 2. The number of azo groups is 2. The molecule has 0 heterocycles. The number of anilines is 2. The zero-order chi connectivity index (χ0) is 37.7. The summed E-state index contributed by atoms with van der Waals surface area (Å²) in [6.45, 7) is 0. The van der Waals surface area contributed by atoms with E-state index in [1.165, 1.54) is 30.3 Å². The molecule has 269 valence electrons. The van der Waals surface area contributed by atoms with Crippen molar-refractivity contribution in [2.75, 3.05) is 11.5 Å². The van der Waals surface area contributed by atoms with E-state index in [0.717, 1.165) is 24.3 Å². The molecule has 0 amide bonds. The van der Waals surface area contributed by atoms with Crippen molar-refractivity contribution in [2.24, 2.45) is 20.5 Å². The van der Waals surface area contributed by atoms with Crippen molar-refractivity contribution in [3.8, 4) is 22.6 Å². The molecule has 3 radical (unpaired) electrons. The first-order valence-electron chi connectivity index (χ1n) is 14.4. The number of fused-ring (bicyclic) bond motifs is 2. The molecular formula is C32H24N6Na3O11S3. The van der Waals surface area contributed by atoms with Crippen molar-refractivity contribution >= 4 is 175 Å². The largest absolute Gasteiger partial charge is 0.505 e. The molecule has 9 N–H and O–H groups in total. The monoisotopic (exact) mass is 833 g/mol. The Kier molecular flexibility index (Phi) is 14.9. The van der Waals surface area contributed by atoms with Crippen LogP contribution in [0.1, 0.15) is 0 Å². The van der Waals surface area contributed by atoms with Crippen LogP contribution in [0, 0.1) is 0 Å². The molecule has 17 nitrogen and oxygen atoms in total. The Labute approximate surface area is 379 Å². The number of aromatic hydroxyl groups is 2. The molecule has 55 heavy (non-hydrogen) atoms. The Bertz CT molecular complexity index is 2860. The van der Waals surface area contributed by atoms with Crippen molar-refractivity contribution in [1.82, 2.24) is 0 Å². The zero-order valence-corrected chi connectivity index (χ0v) is 37.5. The molecular weight excluding hydrogens is 810 g/mol. The van der Waals surface area contributed by atoms with Crippen LogP contribution in [0.25, 0.3) is 32.7 Å². The third kappa shape index (κ3) is 10.1. The van der Waals surface area contributed by atoms with Gasteiger partial charge in [0.15, 0.2) is 11.5 Å². The van der Waals surface area contributed by atoms with Gasteiger partial charge in [-0.15, -0.1) is 10.2 Å². The minimum Gasteiger partial charge on any atom is -0.505 e. The van der Waals surface area contributed by atoms with Crippen LogP contribution in [0.15, 0.2) is 126 Å². The Morgan fingerprint density at radius 3 is 1.40 bits per heavy atom. The van der Waals surface area contributed by atoms with E-state index in [-0.39, 0.29) is 122 Å². The number of rotatable bonds is 8. The molecule has 0 aliphatic heterocycles. The number of benzene rings is 6. The third-order valence-electron chi connectivity index (χ3n) is 7.68. The van der Waals surface area contributed by atoms with Gasteiger partial charge in [0.2, 0.25) is 0 Å². The van der Waals surface area contributed by atoms with Gasteiger partial charge in [0.1, 0.15) is 21.2 Å². The second-order valence-corrected chi connectivity index (χ2v) is 15.4. The van der Waals surface area contributed by atoms with Crippen molar-refractivity contribution in [1.29, 1.82) is 0 Å². The molecule has 0 saturated carbocycles. The Morgan fingerprint density at radius 2 is 0.945 bits per heavy atom. The maximum atomic E-state index is 12.2. The van der Waals surface area contributed by atoms with Gasteiger partial charge in [-0.3, -0.25) is 13.7 Å². The minimum absolute atomic E-state index is 0. The average molecular weight is 834 g/mol. The summed E-state index contributed by atoms with van der Waals surface area (Å²) in [6, 6.07) is 20.8. The van der Waals surface area contributed by atoms with Crippen molar-refractivity contribution in [3.63, 3.8) is 0 Å². The van der Waals surface area contributed by atoms with Gasteiger partial charge in [-0.2, -0.15) is 35.5 Å². The van der Waals surface area contributed by atoms with Crippen molar-refractivity contribution < 1.29 is 49.1 Å². The van der Waals surface area contributed by atoms with Crippen LogP contribution in [0.5, 0.6) is 11.5 Å². The van der Waals surface area contributed by atoms with Crippen LogP contribution >= 0.6 is 0 Å². The first-order chi connectivity index (χ1) is 24.3. The quantitative estimate of drug-likeness (QED) is 0.0422. The van der Waals surface area contributed by atoms with Gasteiger partial charge in [0, 0.05) is 111 Å². The fraction of sp³-hybridized carbons (Fsp3) is 0. The summed E-state index contributed by atoms with van der Waals surface area (Å²) in [5.74, 6) is -1.37. The molecule has 0 aliphatic rings. The van der Waals surface area contributed by atoms with Crippen LogP contribution in [-0.2, 0) is 30.4 Å². The van der Waals surface area contributed by atoms with Crippen molar-refractivity contribution in [2.45, 2.75) is 14.7 Å². The van der Waals surface area contributed by atoms with Crippen LogP contribution in [0.2, 0.25) is 0 Å². The summed E-state index contributed by atoms with van der Waals surface area (Å²) >= 11 is 0. The van der Waals surface area contributed by atoms with E-state index >= 15 is 0 Å². The summed E-state index contributed by atoms with van der Waals surface area (Å²) < 4.78 is 101. The van der Waals surface area contributed by atoms with Crippen molar-refractivity contribution in [3.05, 3.63) is 91.0 Å². The number of hydrogen-bond donors (Lipinski definition) is 7. The molecule has 6 rings (SSSR count). The molecule has 6 aromatic carbocycles. The molecule has 6 aromatic rings. The number of phenols is 2. The SMILES string of the molecule is Nc1ccc2cc(S(=O)(=O)O)c(N=Nc3ccc(-c4ccc(N=Nc5c(S(=O)(=O)O)cc6cc(S(=O)(=O)O)cc(N)c6c5O)cc4)cc3)c(O)c2c1.[Na].[Na].[Na]. The number of nitrogens with zero attached hydrogens (tertiary/aromatic N) is 4. The molecule has 0 unspecified atom stereocenters. The molecule has 0 aliphatic carbocycles. The average Bonchev–Trinajstić information content (AvgIpc) is 3.06. The Balaban J connectivity index is 0.00000271. The summed E-state index contributed by atoms with van der Waals surface area (Å²) in [4.78, 5) is -2.23. The van der Waals surface area contributed by atoms with Crippen LogP contribution < -0.4 is 11.5 Å².